The molecule has 3 fully saturated rings. The van der Waals surface area contributed by atoms with E-state index in [0.29, 0.717) is 24.3 Å². The zero-order valence-electron chi connectivity index (χ0n) is 18.7. The highest BCUT2D eigenvalue weighted by atomic mass is 16.5. The van der Waals surface area contributed by atoms with E-state index in [4.69, 9.17) is 4.74 Å². The third-order valence-electron chi connectivity index (χ3n) is 7.41. The maximum Gasteiger partial charge on any atom is 0.222 e. The Kier molecular flexibility index (Phi) is 7.80. The second-order valence-corrected chi connectivity index (χ2v) is 9.59. The molecule has 1 amide bonds. The summed E-state index contributed by atoms with van der Waals surface area (Å²) < 4.78 is 5.60. The zero-order chi connectivity index (χ0) is 20.8. The Hall–Kier alpha value is -1.43. The van der Waals surface area contributed by atoms with Crippen LogP contribution in [0.3, 0.4) is 0 Å². The lowest BCUT2D eigenvalue weighted by Gasteiger charge is -2.45. The summed E-state index contributed by atoms with van der Waals surface area (Å²) in [6, 6.07) is 11.4. The fourth-order valence-electron chi connectivity index (χ4n) is 5.48. The molecule has 166 valence electrons. The summed E-state index contributed by atoms with van der Waals surface area (Å²) >= 11 is 0. The first kappa shape index (κ1) is 21.8. The van der Waals surface area contributed by atoms with Gasteiger partial charge in [0.25, 0.3) is 0 Å². The average Bonchev–Trinajstić information content (AvgIpc) is 2.79. The number of rotatable bonds is 6. The molecule has 2 atom stereocenters. The van der Waals surface area contributed by atoms with E-state index in [9.17, 15) is 4.79 Å². The van der Waals surface area contributed by atoms with Crippen molar-refractivity contribution in [2.24, 2.45) is 11.8 Å². The van der Waals surface area contributed by atoms with Gasteiger partial charge in [-0.3, -0.25) is 14.6 Å². The molecule has 0 N–H and O–H groups in total. The zero-order valence-corrected chi connectivity index (χ0v) is 18.7. The van der Waals surface area contributed by atoms with Crippen molar-refractivity contribution in [2.45, 2.75) is 51.6 Å². The van der Waals surface area contributed by atoms with Crippen molar-refractivity contribution in [3.8, 4) is 0 Å². The number of hydrogen-bond acceptors (Lipinski definition) is 4. The summed E-state index contributed by atoms with van der Waals surface area (Å²) in [6.07, 6.45) is 5.25. The van der Waals surface area contributed by atoms with Gasteiger partial charge in [0, 0.05) is 51.7 Å². The maximum atomic E-state index is 12.9. The number of piperidine rings is 2. The van der Waals surface area contributed by atoms with Crippen LogP contribution in [0.25, 0.3) is 0 Å². The van der Waals surface area contributed by atoms with Crippen LogP contribution in [-0.2, 0) is 16.1 Å². The summed E-state index contributed by atoms with van der Waals surface area (Å²) in [6.45, 7) is 11.3. The largest absolute Gasteiger partial charge is 0.379 e. The van der Waals surface area contributed by atoms with Crippen molar-refractivity contribution < 1.29 is 9.53 Å². The van der Waals surface area contributed by atoms with Gasteiger partial charge in [-0.15, -0.1) is 0 Å². The van der Waals surface area contributed by atoms with Crippen molar-refractivity contribution in [3.05, 3.63) is 35.9 Å². The van der Waals surface area contributed by atoms with Gasteiger partial charge in [-0.2, -0.15) is 0 Å². The molecule has 1 aromatic carbocycles. The summed E-state index contributed by atoms with van der Waals surface area (Å²) in [4.78, 5) is 20.2. The molecular weight excluding hydrogens is 374 g/mol. The van der Waals surface area contributed by atoms with Gasteiger partial charge in [0.15, 0.2) is 0 Å². The molecular formula is C25H39N3O2. The number of amides is 1. The number of benzene rings is 1. The van der Waals surface area contributed by atoms with Gasteiger partial charge in [0.2, 0.25) is 5.91 Å². The number of hydrogen-bond donors (Lipinski definition) is 0. The molecule has 1 aromatic rings. The number of morpholine rings is 1. The van der Waals surface area contributed by atoms with Crippen LogP contribution in [0.2, 0.25) is 0 Å². The van der Waals surface area contributed by atoms with E-state index in [2.05, 4.69) is 52.0 Å². The van der Waals surface area contributed by atoms with Gasteiger partial charge in [0.1, 0.15) is 0 Å². The first-order valence-electron chi connectivity index (χ1n) is 12.0. The van der Waals surface area contributed by atoms with E-state index < -0.39 is 0 Å². The van der Waals surface area contributed by atoms with Crippen LogP contribution in [-0.4, -0.2) is 79.1 Å². The van der Waals surface area contributed by atoms with E-state index in [1.165, 1.54) is 12.0 Å². The Morgan fingerprint density at radius 1 is 1.00 bits per heavy atom. The lowest BCUT2D eigenvalue weighted by atomic mass is 9.86. The Morgan fingerprint density at radius 2 is 1.73 bits per heavy atom. The average molecular weight is 414 g/mol. The molecule has 0 aromatic heterocycles. The van der Waals surface area contributed by atoms with E-state index >= 15 is 0 Å². The van der Waals surface area contributed by atoms with Gasteiger partial charge in [-0.25, -0.2) is 0 Å². The first-order chi connectivity index (χ1) is 14.7. The minimum atomic E-state index is 0.378. The lowest BCUT2D eigenvalue weighted by molar-refractivity contribution is -0.133. The molecule has 0 radical (unpaired) electrons. The second kappa shape index (κ2) is 10.7. The molecule has 0 saturated carbocycles. The molecule has 0 spiro atoms. The van der Waals surface area contributed by atoms with E-state index in [-0.39, 0.29) is 0 Å². The molecule has 3 saturated heterocycles. The molecule has 5 heteroatoms. The van der Waals surface area contributed by atoms with E-state index in [1.807, 2.05) is 0 Å². The third kappa shape index (κ3) is 5.83. The van der Waals surface area contributed by atoms with E-state index in [0.717, 1.165) is 84.2 Å². The lowest BCUT2D eigenvalue weighted by Crippen LogP contribution is -2.54. The Bertz CT molecular complexity index is 654. The van der Waals surface area contributed by atoms with Gasteiger partial charge in [-0.1, -0.05) is 37.3 Å². The molecule has 3 aliphatic rings. The number of ether oxygens (including phenoxy) is 1. The van der Waals surface area contributed by atoms with Crippen LogP contribution in [0.5, 0.6) is 0 Å². The van der Waals surface area contributed by atoms with Crippen LogP contribution in [0.4, 0.5) is 0 Å². The first-order valence-corrected chi connectivity index (χ1v) is 12.0. The van der Waals surface area contributed by atoms with Crippen molar-refractivity contribution in [1.82, 2.24) is 14.7 Å². The van der Waals surface area contributed by atoms with Crippen LogP contribution in [0, 0.1) is 11.8 Å². The monoisotopic (exact) mass is 413 g/mol. The molecule has 3 heterocycles. The number of carbonyl (C=O) groups excluding carboxylic acids is 1. The highest BCUT2D eigenvalue weighted by Crippen LogP contribution is 2.28. The van der Waals surface area contributed by atoms with Crippen molar-refractivity contribution in [1.29, 1.82) is 0 Å². The minimum Gasteiger partial charge on any atom is -0.379 e. The van der Waals surface area contributed by atoms with Crippen molar-refractivity contribution in [2.75, 3.05) is 52.5 Å². The topological polar surface area (TPSA) is 36.0 Å². The molecule has 0 unspecified atom stereocenters. The maximum absolute atomic E-state index is 12.9. The number of nitrogens with zero attached hydrogens (tertiary/aromatic N) is 3. The van der Waals surface area contributed by atoms with Gasteiger partial charge in [-0.05, 0) is 49.6 Å². The van der Waals surface area contributed by atoms with Crippen LogP contribution in [0.15, 0.2) is 30.3 Å². The summed E-state index contributed by atoms with van der Waals surface area (Å²) in [5.41, 5.74) is 1.39. The van der Waals surface area contributed by atoms with Crippen LogP contribution >= 0.6 is 0 Å². The predicted octanol–water partition coefficient (Wildman–Crippen LogP) is 3.25. The Morgan fingerprint density at radius 3 is 2.47 bits per heavy atom. The summed E-state index contributed by atoms with van der Waals surface area (Å²) in [7, 11) is 0. The summed E-state index contributed by atoms with van der Waals surface area (Å²) in [5.74, 6) is 1.71. The van der Waals surface area contributed by atoms with Gasteiger partial charge < -0.3 is 9.64 Å². The predicted molar refractivity (Wildman–Crippen MR) is 120 cm³/mol. The van der Waals surface area contributed by atoms with Crippen LogP contribution in [0.1, 0.15) is 44.6 Å². The normalized spacial score (nSPS) is 27.3. The van der Waals surface area contributed by atoms with Crippen molar-refractivity contribution in [3.63, 3.8) is 0 Å². The standard InChI is InChI=1S/C25H39N3O2/c1-21-9-13-28(14-10-21)25(29)8-7-23-20-26(19-22-5-3-2-4-6-22)12-11-24(23)27-15-17-30-18-16-27/h2-6,21,23-24H,7-20H2,1H3/t23-,24+/m0/s1. The van der Waals surface area contributed by atoms with Crippen LogP contribution < -0.4 is 0 Å². The summed E-state index contributed by atoms with van der Waals surface area (Å²) in [5, 5.41) is 0. The van der Waals surface area contributed by atoms with Gasteiger partial charge in [0.05, 0.1) is 13.2 Å². The fraction of sp³-hybridized carbons (Fsp3) is 0.720. The SMILES string of the molecule is CC1CCN(C(=O)CC[C@H]2CN(Cc3ccccc3)CC[C@H]2N2CCOCC2)CC1. The molecule has 3 aliphatic heterocycles. The molecule has 0 aliphatic carbocycles. The number of likely N-dealkylation sites (tertiary alicyclic amines) is 2. The smallest absolute Gasteiger partial charge is 0.222 e. The molecule has 5 nitrogen and oxygen atoms in total. The minimum absolute atomic E-state index is 0.378. The Labute approximate surface area is 182 Å². The molecule has 30 heavy (non-hydrogen) atoms. The molecule has 0 bridgehead atoms. The van der Waals surface area contributed by atoms with E-state index in [1.54, 1.807) is 0 Å². The number of carbonyl (C=O) groups is 1. The fourth-order valence-corrected chi connectivity index (χ4v) is 5.48. The molecule has 4 rings (SSSR count). The highest BCUT2D eigenvalue weighted by Gasteiger charge is 2.34. The highest BCUT2D eigenvalue weighted by molar-refractivity contribution is 5.76. The van der Waals surface area contributed by atoms with Gasteiger partial charge >= 0.3 is 0 Å². The third-order valence-corrected chi connectivity index (χ3v) is 7.41. The quantitative estimate of drug-likeness (QED) is 0.717. The van der Waals surface area contributed by atoms with Crippen molar-refractivity contribution >= 4 is 5.91 Å². The Balaban J connectivity index is 1.36. The second-order valence-electron chi connectivity index (χ2n) is 9.59.